The van der Waals surface area contributed by atoms with Crippen LogP contribution in [0.3, 0.4) is 0 Å². The molecule has 0 radical (unpaired) electrons. The number of rotatable bonds is 5. The normalized spacial score (nSPS) is 12.6. The van der Waals surface area contributed by atoms with Crippen molar-refractivity contribution in [2.45, 2.75) is 24.8 Å². The zero-order valence-corrected chi connectivity index (χ0v) is 13.1. The van der Waals surface area contributed by atoms with Gasteiger partial charge in [-0.05, 0) is 37.6 Å². The maximum absolute atomic E-state index is 12.9. The highest BCUT2D eigenvalue weighted by Gasteiger charge is 2.33. The van der Waals surface area contributed by atoms with Crippen LogP contribution >= 0.6 is 0 Å². The first-order chi connectivity index (χ1) is 10.4. The van der Waals surface area contributed by atoms with Gasteiger partial charge in [-0.1, -0.05) is 36.4 Å². The molecule has 2 aromatic carbocycles. The lowest BCUT2D eigenvalue weighted by molar-refractivity contribution is -0.137. The summed E-state index contributed by atoms with van der Waals surface area (Å²) in [5, 5.41) is 9.31. The molecular weight excluding hydrogens is 302 g/mol. The molecule has 0 aliphatic heterocycles. The molecule has 0 amide bonds. The molecule has 0 bridgehead atoms. The first-order valence-electron chi connectivity index (χ1n) is 6.73. The number of carboxylic acid groups (broad SMARTS) is 1. The summed E-state index contributed by atoms with van der Waals surface area (Å²) in [4.78, 5) is 11.5. The Morgan fingerprint density at radius 1 is 1.05 bits per heavy atom. The van der Waals surface area contributed by atoms with Crippen LogP contribution in [-0.4, -0.2) is 25.5 Å². The molecule has 1 unspecified atom stereocenters. The minimum atomic E-state index is -3.97. The van der Waals surface area contributed by atoms with E-state index >= 15 is 0 Å². The number of hydrogen-bond donors (Lipinski definition) is 1. The second kappa shape index (κ2) is 6.19. The van der Waals surface area contributed by atoms with Crippen LogP contribution in [0.15, 0.2) is 59.5 Å². The highest BCUT2D eigenvalue weighted by atomic mass is 32.2. The van der Waals surface area contributed by atoms with Crippen LogP contribution in [0.25, 0.3) is 0 Å². The Hall–Kier alpha value is -2.34. The van der Waals surface area contributed by atoms with Crippen molar-refractivity contribution in [2.75, 3.05) is 4.31 Å². The van der Waals surface area contributed by atoms with E-state index in [1.807, 2.05) is 0 Å². The number of anilines is 1. The van der Waals surface area contributed by atoms with E-state index in [1.165, 1.54) is 19.1 Å². The number of aryl methyl sites for hydroxylation is 1. The van der Waals surface area contributed by atoms with Gasteiger partial charge in [0.05, 0.1) is 10.6 Å². The fourth-order valence-electron chi connectivity index (χ4n) is 2.16. The van der Waals surface area contributed by atoms with Gasteiger partial charge in [0.25, 0.3) is 10.0 Å². The van der Waals surface area contributed by atoms with Crippen LogP contribution in [-0.2, 0) is 14.8 Å². The molecule has 116 valence electrons. The van der Waals surface area contributed by atoms with Crippen molar-refractivity contribution in [3.8, 4) is 0 Å². The fourth-order valence-corrected chi connectivity index (χ4v) is 3.86. The summed E-state index contributed by atoms with van der Waals surface area (Å²) in [5.41, 5.74) is 1.05. The number of nitrogens with zero attached hydrogens (tertiary/aromatic N) is 1. The lowest BCUT2D eigenvalue weighted by Gasteiger charge is -2.29. The van der Waals surface area contributed by atoms with Gasteiger partial charge in [-0.15, -0.1) is 0 Å². The monoisotopic (exact) mass is 319 g/mol. The van der Waals surface area contributed by atoms with Crippen molar-refractivity contribution in [2.24, 2.45) is 0 Å². The quantitative estimate of drug-likeness (QED) is 0.919. The van der Waals surface area contributed by atoms with Crippen LogP contribution in [0.1, 0.15) is 12.5 Å². The van der Waals surface area contributed by atoms with Gasteiger partial charge in [0, 0.05) is 0 Å². The second-order valence-corrected chi connectivity index (χ2v) is 6.73. The van der Waals surface area contributed by atoms with E-state index in [2.05, 4.69) is 0 Å². The molecule has 0 spiro atoms. The lowest BCUT2D eigenvalue weighted by Crippen LogP contribution is -2.43. The third-order valence-corrected chi connectivity index (χ3v) is 5.26. The molecule has 2 rings (SSSR count). The van der Waals surface area contributed by atoms with E-state index in [0.29, 0.717) is 11.3 Å². The van der Waals surface area contributed by atoms with Gasteiger partial charge in [-0.25, -0.2) is 13.2 Å². The summed E-state index contributed by atoms with van der Waals surface area (Å²) in [6, 6.07) is 13.4. The first kappa shape index (κ1) is 16.0. The topological polar surface area (TPSA) is 74.7 Å². The predicted octanol–water partition coefficient (Wildman–Crippen LogP) is 2.66. The summed E-state index contributed by atoms with van der Waals surface area (Å²) in [5.74, 6) is -1.21. The minimum Gasteiger partial charge on any atom is -0.480 e. The Balaban J connectivity index is 2.65. The van der Waals surface area contributed by atoms with Gasteiger partial charge < -0.3 is 5.11 Å². The predicted molar refractivity (Wildman–Crippen MR) is 84.4 cm³/mol. The van der Waals surface area contributed by atoms with E-state index in [-0.39, 0.29) is 4.90 Å². The van der Waals surface area contributed by atoms with Crippen molar-refractivity contribution in [3.63, 3.8) is 0 Å². The number of para-hydroxylation sites is 1. The van der Waals surface area contributed by atoms with E-state index in [1.54, 1.807) is 49.4 Å². The van der Waals surface area contributed by atoms with Gasteiger partial charge in [-0.3, -0.25) is 4.31 Å². The van der Waals surface area contributed by atoms with Crippen molar-refractivity contribution >= 4 is 21.7 Å². The number of aliphatic carboxylic acids is 1. The molecule has 0 aliphatic rings. The summed E-state index contributed by atoms with van der Waals surface area (Å²) in [6.45, 7) is 3.10. The highest BCUT2D eigenvalue weighted by molar-refractivity contribution is 7.93. The SMILES string of the molecule is Cc1ccccc1N(C(C)C(=O)O)S(=O)(=O)c1ccccc1. The number of carbonyl (C=O) groups is 1. The van der Waals surface area contributed by atoms with E-state index in [9.17, 15) is 18.3 Å². The number of hydrogen-bond acceptors (Lipinski definition) is 3. The Bertz CT molecular complexity index is 772. The maximum atomic E-state index is 12.9. The molecule has 0 aliphatic carbocycles. The largest absolute Gasteiger partial charge is 0.480 e. The van der Waals surface area contributed by atoms with Gasteiger partial charge >= 0.3 is 5.97 Å². The van der Waals surface area contributed by atoms with Crippen LogP contribution in [0.2, 0.25) is 0 Å². The molecule has 2 aromatic rings. The van der Waals surface area contributed by atoms with Crippen LogP contribution in [0, 0.1) is 6.92 Å². The van der Waals surface area contributed by atoms with Gasteiger partial charge in [0.15, 0.2) is 0 Å². The minimum absolute atomic E-state index is 0.0614. The summed E-state index contributed by atoms with van der Waals surface area (Å²) in [6.07, 6.45) is 0. The molecule has 0 fully saturated rings. The average molecular weight is 319 g/mol. The second-order valence-electron chi connectivity index (χ2n) is 4.91. The van der Waals surface area contributed by atoms with E-state index in [4.69, 9.17) is 0 Å². The molecule has 0 aromatic heterocycles. The Kier molecular flexibility index (Phi) is 4.51. The van der Waals surface area contributed by atoms with Crippen molar-refractivity contribution in [1.82, 2.24) is 0 Å². The lowest BCUT2D eigenvalue weighted by atomic mass is 10.2. The molecule has 1 N–H and O–H groups in total. The summed E-state index contributed by atoms with van der Waals surface area (Å²) >= 11 is 0. The Morgan fingerprint density at radius 2 is 1.59 bits per heavy atom. The molecule has 1 atom stereocenters. The fraction of sp³-hybridized carbons (Fsp3) is 0.188. The first-order valence-corrected chi connectivity index (χ1v) is 8.17. The average Bonchev–Trinajstić information content (AvgIpc) is 2.50. The maximum Gasteiger partial charge on any atom is 0.327 e. The molecule has 6 heteroatoms. The Morgan fingerprint density at radius 3 is 2.14 bits per heavy atom. The van der Waals surface area contributed by atoms with E-state index in [0.717, 1.165) is 4.31 Å². The van der Waals surface area contributed by atoms with Crippen LogP contribution in [0.5, 0.6) is 0 Å². The third-order valence-electron chi connectivity index (χ3n) is 3.36. The smallest absolute Gasteiger partial charge is 0.327 e. The summed E-state index contributed by atoms with van der Waals surface area (Å²) in [7, 11) is -3.97. The third kappa shape index (κ3) is 2.96. The van der Waals surface area contributed by atoms with Crippen molar-refractivity contribution < 1.29 is 18.3 Å². The number of carboxylic acids is 1. The molecule has 22 heavy (non-hydrogen) atoms. The van der Waals surface area contributed by atoms with Crippen LogP contribution in [0.4, 0.5) is 5.69 Å². The standard InChI is InChI=1S/C16H17NO4S/c1-12-8-6-7-11-15(12)17(13(2)16(18)19)22(20,21)14-9-4-3-5-10-14/h3-11,13H,1-2H3,(H,18,19). The van der Waals surface area contributed by atoms with Gasteiger partial charge in [0.2, 0.25) is 0 Å². The van der Waals surface area contributed by atoms with Gasteiger partial charge in [-0.2, -0.15) is 0 Å². The molecule has 0 saturated carbocycles. The molecule has 0 saturated heterocycles. The van der Waals surface area contributed by atoms with Gasteiger partial charge in [0.1, 0.15) is 6.04 Å². The number of benzene rings is 2. The van der Waals surface area contributed by atoms with Crippen molar-refractivity contribution in [3.05, 3.63) is 60.2 Å². The zero-order chi connectivity index (χ0) is 16.3. The van der Waals surface area contributed by atoms with E-state index < -0.39 is 22.0 Å². The molecular formula is C16H17NO4S. The van der Waals surface area contributed by atoms with Crippen LogP contribution < -0.4 is 4.31 Å². The zero-order valence-electron chi connectivity index (χ0n) is 12.3. The van der Waals surface area contributed by atoms with Crippen molar-refractivity contribution in [1.29, 1.82) is 0 Å². The summed E-state index contributed by atoms with van der Waals surface area (Å²) < 4.78 is 26.7. The number of sulfonamides is 1. The Labute approximate surface area is 129 Å². The molecule has 5 nitrogen and oxygen atoms in total. The molecule has 0 heterocycles. The highest BCUT2D eigenvalue weighted by Crippen LogP contribution is 2.28.